The number of nitrogens with one attached hydrogen (secondary N) is 2. The van der Waals surface area contributed by atoms with Gasteiger partial charge in [-0.05, 0) is 49.3 Å². The van der Waals surface area contributed by atoms with E-state index in [-0.39, 0.29) is 17.7 Å². The van der Waals surface area contributed by atoms with E-state index in [1.807, 2.05) is 29.6 Å². The monoisotopic (exact) mass is 431 g/mol. The summed E-state index contributed by atoms with van der Waals surface area (Å²) < 4.78 is 0. The second-order valence-electron chi connectivity index (χ2n) is 7.44. The molecular formula is C20H25N5O2S2. The van der Waals surface area contributed by atoms with Crippen molar-refractivity contribution in [2.24, 2.45) is 5.92 Å². The van der Waals surface area contributed by atoms with Gasteiger partial charge in [-0.25, -0.2) is 0 Å². The molecule has 7 nitrogen and oxygen atoms in total. The number of thiophene rings is 1. The van der Waals surface area contributed by atoms with Gasteiger partial charge in [-0.3, -0.25) is 9.59 Å². The molecule has 0 unspecified atom stereocenters. The lowest BCUT2D eigenvalue weighted by molar-refractivity contribution is -0.125. The van der Waals surface area contributed by atoms with Crippen LogP contribution in [0, 0.1) is 5.92 Å². The van der Waals surface area contributed by atoms with E-state index < -0.39 is 0 Å². The molecule has 1 aliphatic carbocycles. The summed E-state index contributed by atoms with van der Waals surface area (Å²) in [6, 6.07) is 8.20. The molecule has 2 aliphatic rings. The van der Waals surface area contributed by atoms with Crippen molar-refractivity contribution in [3.05, 3.63) is 34.5 Å². The predicted molar refractivity (Wildman–Crippen MR) is 115 cm³/mol. The van der Waals surface area contributed by atoms with E-state index in [1.165, 1.54) is 11.8 Å². The van der Waals surface area contributed by atoms with Crippen LogP contribution in [-0.4, -0.2) is 46.9 Å². The van der Waals surface area contributed by atoms with E-state index in [9.17, 15) is 9.59 Å². The first-order valence-electron chi connectivity index (χ1n) is 9.98. The van der Waals surface area contributed by atoms with Gasteiger partial charge in [0, 0.05) is 24.0 Å². The molecule has 1 saturated heterocycles. The van der Waals surface area contributed by atoms with Crippen molar-refractivity contribution in [1.29, 1.82) is 0 Å². The maximum Gasteiger partial charge on any atom is 0.230 e. The number of thioether (sulfide) groups is 1. The second kappa shape index (κ2) is 9.58. The van der Waals surface area contributed by atoms with E-state index in [0.717, 1.165) is 47.9 Å². The van der Waals surface area contributed by atoms with Gasteiger partial charge in [-0.15, -0.1) is 21.5 Å². The lowest BCUT2D eigenvalue weighted by Crippen LogP contribution is -2.44. The number of amides is 2. The third kappa shape index (κ3) is 5.93. The van der Waals surface area contributed by atoms with Crippen LogP contribution >= 0.6 is 23.1 Å². The maximum atomic E-state index is 12.3. The van der Waals surface area contributed by atoms with E-state index in [4.69, 9.17) is 0 Å². The number of carbonyl (C=O) groups excluding carboxylic acids is 2. The summed E-state index contributed by atoms with van der Waals surface area (Å²) in [6.07, 6.45) is 4.13. The van der Waals surface area contributed by atoms with Gasteiger partial charge < -0.3 is 15.5 Å². The molecule has 1 saturated carbocycles. The molecule has 1 atom stereocenters. The van der Waals surface area contributed by atoms with Crippen LogP contribution in [0.2, 0.25) is 0 Å². The minimum atomic E-state index is -0.0187. The Kier molecular flexibility index (Phi) is 6.66. The molecule has 1 aliphatic heterocycles. The quantitative estimate of drug-likeness (QED) is 0.625. The van der Waals surface area contributed by atoms with Crippen LogP contribution in [0.3, 0.4) is 0 Å². The number of anilines is 1. The Balaban J connectivity index is 1.23. The van der Waals surface area contributed by atoms with Crippen LogP contribution in [0.4, 0.5) is 5.82 Å². The third-order valence-electron chi connectivity index (χ3n) is 5.06. The fourth-order valence-corrected chi connectivity index (χ4v) is 4.58. The third-order valence-corrected chi connectivity index (χ3v) is 6.85. The van der Waals surface area contributed by atoms with Crippen molar-refractivity contribution in [2.75, 3.05) is 23.7 Å². The first kappa shape index (κ1) is 20.2. The maximum absolute atomic E-state index is 12.3. The summed E-state index contributed by atoms with van der Waals surface area (Å²) in [5.41, 5.74) is 0. The fourth-order valence-electron chi connectivity index (χ4n) is 3.29. The van der Waals surface area contributed by atoms with Gasteiger partial charge in [0.15, 0.2) is 5.82 Å². The summed E-state index contributed by atoms with van der Waals surface area (Å²) in [4.78, 5) is 27.6. The molecule has 9 heteroatoms. The van der Waals surface area contributed by atoms with Crippen molar-refractivity contribution >= 4 is 40.7 Å². The van der Waals surface area contributed by atoms with Crippen molar-refractivity contribution in [1.82, 2.24) is 20.8 Å². The molecule has 2 N–H and O–H groups in total. The summed E-state index contributed by atoms with van der Waals surface area (Å²) in [5.74, 6) is 1.28. The summed E-state index contributed by atoms with van der Waals surface area (Å²) in [5, 5.41) is 17.3. The van der Waals surface area contributed by atoms with Crippen LogP contribution in [0.5, 0.6) is 0 Å². The predicted octanol–water partition coefficient (Wildman–Crippen LogP) is 2.44. The average Bonchev–Trinajstić information content (AvgIpc) is 3.41. The number of rotatable bonds is 8. The molecule has 0 bridgehead atoms. The lowest BCUT2D eigenvalue weighted by Gasteiger charge is -2.32. The lowest BCUT2D eigenvalue weighted by atomic mass is 9.97. The van der Waals surface area contributed by atoms with Crippen LogP contribution in [-0.2, 0) is 16.1 Å². The van der Waals surface area contributed by atoms with E-state index in [1.54, 1.807) is 11.3 Å². The van der Waals surface area contributed by atoms with Gasteiger partial charge >= 0.3 is 0 Å². The second-order valence-corrected chi connectivity index (χ2v) is 9.47. The normalized spacial score (nSPS) is 19.0. The number of piperidine rings is 1. The first-order chi connectivity index (χ1) is 14.2. The number of hydrogen-bond acceptors (Lipinski definition) is 7. The molecular weight excluding hydrogens is 406 g/mol. The zero-order valence-corrected chi connectivity index (χ0v) is 17.8. The SMILES string of the molecule is O=C(CSc1ccc(N2CCC[C@@H](C(=O)NC3CC3)C2)nn1)NCc1cccs1. The van der Waals surface area contributed by atoms with Gasteiger partial charge in [0.2, 0.25) is 11.8 Å². The number of carbonyl (C=O) groups is 2. The highest BCUT2D eigenvalue weighted by Gasteiger charge is 2.30. The Bertz CT molecular complexity index is 824. The molecule has 3 heterocycles. The van der Waals surface area contributed by atoms with Crippen molar-refractivity contribution in [3.63, 3.8) is 0 Å². The molecule has 2 fully saturated rings. The Morgan fingerprint density at radius 1 is 1.21 bits per heavy atom. The highest BCUT2D eigenvalue weighted by molar-refractivity contribution is 7.99. The zero-order chi connectivity index (χ0) is 20.1. The highest BCUT2D eigenvalue weighted by Crippen LogP contribution is 2.25. The number of aromatic nitrogens is 2. The Labute approximate surface area is 178 Å². The Morgan fingerprint density at radius 2 is 2.10 bits per heavy atom. The molecule has 0 spiro atoms. The van der Waals surface area contributed by atoms with Crippen LogP contribution in [0.25, 0.3) is 0 Å². The minimum absolute atomic E-state index is 0.0187. The van der Waals surface area contributed by atoms with Crippen LogP contribution in [0.15, 0.2) is 34.7 Å². The van der Waals surface area contributed by atoms with Crippen molar-refractivity contribution < 1.29 is 9.59 Å². The number of nitrogens with zero attached hydrogens (tertiary/aromatic N) is 3. The van der Waals surface area contributed by atoms with Crippen molar-refractivity contribution in [2.45, 2.75) is 43.3 Å². The number of hydrogen-bond donors (Lipinski definition) is 2. The Hall–Kier alpha value is -2.13. The van der Waals surface area contributed by atoms with Gasteiger partial charge in [-0.2, -0.15) is 0 Å². The smallest absolute Gasteiger partial charge is 0.230 e. The molecule has 154 valence electrons. The Morgan fingerprint density at radius 3 is 2.83 bits per heavy atom. The first-order valence-corrected chi connectivity index (χ1v) is 11.8. The van der Waals surface area contributed by atoms with Gasteiger partial charge in [0.25, 0.3) is 0 Å². The largest absolute Gasteiger partial charge is 0.354 e. The summed E-state index contributed by atoms with van der Waals surface area (Å²) in [6.45, 7) is 2.14. The van der Waals surface area contributed by atoms with E-state index >= 15 is 0 Å². The molecule has 2 aromatic rings. The van der Waals surface area contributed by atoms with Crippen molar-refractivity contribution in [3.8, 4) is 0 Å². The minimum Gasteiger partial charge on any atom is -0.354 e. The summed E-state index contributed by atoms with van der Waals surface area (Å²) in [7, 11) is 0. The molecule has 4 rings (SSSR count). The molecule has 0 aromatic carbocycles. The topological polar surface area (TPSA) is 87.2 Å². The summed E-state index contributed by atoms with van der Waals surface area (Å²) >= 11 is 3.00. The average molecular weight is 432 g/mol. The van der Waals surface area contributed by atoms with Gasteiger partial charge in [0.1, 0.15) is 5.03 Å². The zero-order valence-electron chi connectivity index (χ0n) is 16.2. The highest BCUT2D eigenvalue weighted by atomic mass is 32.2. The molecule has 0 radical (unpaired) electrons. The standard InChI is InChI=1S/C20H25N5O2S2/c26-18(21-11-16-4-2-10-28-16)13-29-19-8-7-17(23-24-19)25-9-1-3-14(12-25)20(27)22-15-5-6-15/h2,4,7-8,10,14-15H,1,3,5-6,9,11-13H2,(H,21,26)(H,22,27)/t14-/m1/s1. The van der Waals surface area contributed by atoms with Crippen LogP contribution < -0.4 is 15.5 Å². The van der Waals surface area contributed by atoms with E-state index in [2.05, 4.69) is 25.7 Å². The molecule has 2 amide bonds. The van der Waals surface area contributed by atoms with E-state index in [0.29, 0.717) is 24.9 Å². The molecule has 29 heavy (non-hydrogen) atoms. The fraction of sp³-hybridized carbons (Fsp3) is 0.500. The van der Waals surface area contributed by atoms with Crippen LogP contribution in [0.1, 0.15) is 30.6 Å². The van der Waals surface area contributed by atoms with Gasteiger partial charge in [0.05, 0.1) is 18.2 Å². The molecule has 2 aromatic heterocycles. The van der Waals surface area contributed by atoms with Gasteiger partial charge in [-0.1, -0.05) is 17.8 Å².